The average Bonchev–Trinajstić information content (AvgIpc) is 3.01. The molecule has 0 bridgehead atoms. The van der Waals surface area contributed by atoms with Crippen molar-refractivity contribution in [2.24, 2.45) is 0 Å². The van der Waals surface area contributed by atoms with Crippen LogP contribution in [0.1, 0.15) is 192 Å². The molecule has 0 fully saturated rings. The molecule has 252 valence electrons. The van der Waals surface area contributed by atoms with Gasteiger partial charge in [0.25, 0.3) is 10.1 Å². The van der Waals surface area contributed by atoms with Gasteiger partial charge in [-0.3, -0.25) is 4.55 Å². The van der Waals surface area contributed by atoms with Crippen LogP contribution in [-0.2, 0) is 23.0 Å². The van der Waals surface area contributed by atoms with Gasteiger partial charge in [-0.15, -0.1) is 0 Å². The second-order valence-corrected chi connectivity index (χ2v) is 14.9. The zero-order chi connectivity index (χ0) is 31.7. The van der Waals surface area contributed by atoms with E-state index in [1.54, 1.807) is 6.07 Å². The number of fused-ring (bicyclic) bond motifs is 1. The van der Waals surface area contributed by atoms with Gasteiger partial charge in [0, 0.05) is 5.39 Å². The third-order valence-corrected chi connectivity index (χ3v) is 10.5. The highest BCUT2D eigenvalue weighted by atomic mass is 32.2. The molecule has 0 aliphatic carbocycles. The molecule has 2 aromatic carbocycles. The summed E-state index contributed by atoms with van der Waals surface area (Å²) in [6, 6.07) is 9.58. The molecule has 3 nitrogen and oxygen atoms in total. The predicted molar refractivity (Wildman–Crippen MR) is 193 cm³/mol. The Balaban J connectivity index is 1.75. The van der Waals surface area contributed by atoms with E-state index in [1.165, 1.54) is 165 Å². The molecule has 0 atom stereocenters. The third kappa shape index (κ3) is 16.8. The van der Waals surface area contributed by atoms with Crippen LogP contribution in [0.2, 0.25) is 0 Å². The topological polar surface area (TPSA) is 54.4 Å². The average molecular weight is 629 g/mol. The lowest BCUT2D eigenvalue weighted by Gasteiger charge is -2.14. The summed E-state index contributed by atoms with van der Waals surface area (Å²) in [4.78, 5) is 0.0498. The summed E-state index contributed by atoms with van der Waals surface area (Å²) in [6.07, 6.45) is 36.8. The summed E-state index contributed by atoms with van der Waals surface area (Å²) in [5.41, 5.74) is 2.47. The van der Waals surface area contributed by atoms with Crippen molar-refractivity contribution >= 4 is 20.9 Å². The van der Waals surface area contributed by atoms with Crippen LogP contribution in [0, 0.1) is 0 Å². The zero-order valence-electron chi connectivity index (χ0n) is 28.9. The van der Waals surface area contributed by atoms with Crippen LogP contribution >= 0.6 is 0 Å². The number of hydrogen-bond donors (Lipinski definition) is 1. The molecule has 4 heteroatoms. The van der Waals surface area contributed by atoms with Gasteiger partial charge in [0.05, 0.1) is 0 Å². The second kappa shape index (κ2) is 24.8. The van der Waals surface area contributed by atoms with Crippen molar-refractivity contribution in [3.8, 4) is 0 Å². The number of benzene rings is 2. The fourth-order valence-corrected chi connectivity index (χ4v) is 7.53. The van der Waals surface area contributed by atoms with Crippen LogP contribution in [-0.4, -0.2) is 13.0 Å². The van der Waals surface area contributed by atoms with Gasteiger partial charge in [-0.25, -0.2) is 0 Å². The van der Waals surface area contributed by atoms with Crippen molar-refractivity contribution in [3.63, 3.8) is 0 Å². The number of hydrogen-bond acceptors (Lipinski definition) is 2. The van der Waals surface area contributed by atoms with Crippen LogP contribution in [0.3, 0.4) is 0 Å². The summed E-state index contributed by atoms with van der Waals surface area (Å²) in [6.45, 7) is 4.56. The monoisotopic (exact) mass is 628 g/mol. The maximum absolute atomic E-state index is 12.2. The van der Waals surface area contributed by atoms with Gasteiger partial charge in [0.15, 0.2) is 0 Å². The highest BCUT2D eigenvalue weighted by Crippen LogP contribution is 2.31. The molecule has 2 aromatic rings. The first-order valence-electron chi connectivity index (χ1n) is 19.0. The predicted octanol–water partition coefficient (Wildman–Crippen LogP) is 13.4. The minimum absolute atomic E-state index is 0.0498. The summed E-state index contributed by atoms with van der Waals surface area (Å²) in [5, 5.41) is 1.76. The Hall–Kier alpha value is -1.39. The Labute approximate surface area is 273 Å². The molecule has 0 aliphatic rings. The fourth-order valence-electron chi connectivity index (χ4n) is 6.84. The lowest BCUT2D eigenvalue weighted by Crippen LogP contribution is -2.02. The van der Waals surface area contributed by atoms with Crippen LogP contribution < -0.4 is 0 Å². The molecule has 0 amide bonds. The third-order valence-electron chi connectivity index (χ3n) is 9.55. The fraction of sp³-hybridized carbons (Fsp3) is 0.750. The Bertz CT molecular complexity index is 1050. The molecule has 2 rings (SSSR count). The molecular weight excluding hydrogens is 561 g/mol. The smallest absolute Gasteiger partial charge is 0.282 e. The Morgan fingerprint density at radius 2 is 0.795 bits per heavy atom. The van der Waals surface area contributed by atoms with Gasteiger partial charge in [0.1, 0.15) is 4.90 Å². The molecule has 44 heavy (non-hydrogen) atoms. The minimum atomic E-state index is -4.26. The van der Waals surface area contributed by atoms with Gasteiger partial charge >= 0.3 is 0 Å². The first-order chi connectivity index (χ1) is 21.5. The summed E-state index contributed by atoms with van der Waals surface area (Å²) >= 11 is 0. The lowest BCUT2D eigenvalue weighted by molar-refractivity contribution is 0.484. The lowest BCUT2D eigenvalue weighted by atomic mass is 9.93. The Morgan fingerprint density at radius 1 is 0.455 bits per heavy atom. The molecular formula is C40H68O3S. The van der Waals surface area contributed by atoms with Crippen LogP contribution in [0.4, 0.5) is 0 Å². The van der Waals surface area contributed by atoms with Crippen molar-refractivity contribution in [2.75, 3.05) is 0 Å². The molecule has 0 radical (unpaired) electrons. The number of unbranched alkanes of at least 4 members (excludes halogenated alkanes) is 24. The first-order valence-corrected chi connectivity index (χ1v) is 20.4. The molecule has 0 heterocycles. The molecule has 1 N–H and O–H groups in total. The standard InChI is InChI=1S/C40H68O3S/c1-3-5-7-9-11-13-15-17-19-21-23-25-27-30-36-32-29-33-38-39(44(41,42)43)35-34-37(40(36)38)31-28-26-24-22-20-18-16-14-12-10-8-6-4-2/h29,32-35H,3-28,30-31H2,1-2H3,(H,41,42,43). The SMILES string of the molecule is CCCCCCCCCCCCCCCc1cccc2c(S(=O)(=O)O)ccc(CCCCCCCCCCCCCCC)c12. The molecule has 0 saturated heterocycles. The van der Waals surface area contributed by atoms with E-state index in [9.17, 15) is 13.0 Å². The summed E-state index contributed by atoms with van der Waals surface area (Å²) < 4.78 is 34.3. The zero-order valence-corrected chi connectivity index (χ0v) is 29.7. The Kier molecular flexibility index (Phi) is 21.9. The maximum Gasteiger partial charge on any atom is 0.295 e. The van der Waals surface area contributed by atoms with E-state index in [1.807, 2.05) is 18.2 Å². The quantitative estimate of drug-likeness (QED) is 0.0720. The number of aryl methyl sites for hydroxylation is 2. The van der Waals surface area contributed by atoms with Gasteiger partial charge in [-0.05, 0) is 48.3 Å². The summed E-state index contributed by atoms with van der Waals surface area (Å²) in [5.74, 6) is 0. The largest absolute Gasteiger partial charge is 0.295 e. The molecule has 0 aliphatic heterocycles. The van der Waals surface area contributed by atoms with Gasteiger partial charge < -0.3 is 0 Å². The van der Waals surface area contributed by atoms with Crippen LogP contribution in [0.5, 0.6) is 0 Å². The highest BCUT2D eigenvalue weighted by Gasteiger charge is 2.17. The minimum Gasteiger partial charge on any atom is -0.282 e. The van der Waals surface area contributed by atoms with Crippen molar-refractivity contribution in [1.82, 2.24) is 0 Å². The van der Waals surface area contributed by atoms with E-state index < -0.39 is 10.1 Å². The van der Waals surface area contributed by atoms with Crippen LogP contribution in [0.25, 0.3) is 10.8 Å². The normalized spacial score (nSPS) is 12.0. The van der Waals surface area contributed by atoms with Gasteiger partial charge in [-0.1, -0.05) is 192 Å². The number of rotatable bonds is 29. The highest BCUT2D eigenvalue weighted by molar-refractivity contribution is 7.86. The summed E-state index contributed by atoms with van der Waals surface area (Å²) in [7, 11) is -4.26. The van der Waals surface area contributed by atoms with Gasteiger partial charge in [-0.2, -0.15) is 8.42 Å². The van der Waals surface area contributed by atoms with Crippen molar-refractivity contribution in [1.29, 1.82) is 0 Å². The van der Waals surface area contributed by atoms with Crippen molar-refractivity contribution in [2.45, 2.75) is 199 Å². The van der Waals surface area contributed by atoms with E-state index in [0.29, 0.717) is 5.39 Å². The van der Waals surface area contributed by atoms with E-state index in [2.05, 4.69) is 19.9 Å². The molecule has 0 unspecified atom stereocenters. The van der Waals surface area contributed by atoms with E-state index in [4.69, 9.17) is 0 Å². The van der Waals surface area contributed by atoms with E-state index >= 15 is 0 Å². The first kappa shape index (κ1) is 38.8. The maximum atomic E-state index is 12.2. The van der Waals surface area contributed by atoms with E-state index in [-0.39, 0.29) is 4.90 Å². The van der Waals surface area contributed by atoms with E-state index in [0.717, 1.165) is 31.1 Å². The van der Waals surface area contributed by atoms with Crippen LogP contribution in [0.15, 0.2) is 35.2 Å². The molecule has 0 aromatic heterocycles. The molecule has 0 saturated carbocycles. The van der Waals surface area contributed by atoms with Crippen molar-refractivity contribution in [3.05, 3.63) is 41.5 Å². The Morgan fingerprint density at radius 3 is 1.16 bits per heavy atom. The van der Waals surface area contributed by atoms with Crippen molar-refractivity contribution < 1.29 is 13.0 Å². The second-order valence-electron chi connectivity index (χ2n) is 13.5. The van der Waals surface area contributed by atoms with Gasteiger partial charge in [0.2, 0.25) is 0 Å². The molecule has 0 spiro atoms.